The van der Waals surface area contributed by atoms with Crippen LogP contribution in [0.25, 0.3) is 0 Å². The summed E-state index contributed by atoms with van der Waals surface area (Å²) in [6.07, 6.45) is 0. The molecule has 0 heterocycles. The maximum absolute atomic E-state index is 12.2. The number of methoxy groups -OCH3 is 1. The van der Waals surface area contributed by atoms with Gasteiger partial charge in [0.25, 0.3) is 0 Å². The molecule has 128 valence electrons. The van der Waals surface area contributed by atoms with E-state index < -0.39 is 33.9 Å². The molecule has 1 aromatic rings. The summed E-state index contributed by atoms with van der Waals surface area (Å²) in [4.78, 5) is 21.9. The highest BCUT2D eigenvalue weighted by Gasteiger charge is 2.27. The quantitative estimate of drug-likeness (QED) is 0.663. The highest BCUT2D eigenvalue weighted by Crippen LogP contribution is 2.17. The number of carboxylic acids is 1. The standard InChI is InChI=1S/C14H19NO7S/c1-9(2)13(14(17)18)15-23(19,20)11-6-4-10(5-7-11)22-8-12(16)21-3/h4-7,9,13,15H,8H2,1-3H3,(H,17,18)/t13-/m0/s1. The monoisotopic (exact) mass is 345 g/mol. The molecule has 0 fully saturated rings. The minimum absolute atomic E-state index is 0.102. The summed E-state index contributed by atoms with van der Waals surface area (Å²) in [5, 5.41) is 9.05. The first-order valence-electron chi connectivity index (χ1n) is 6.72. The first-order valence-corrected chi connectivity index (χ1v) is 8.20. The van der Waals surface area contributed by atoms with Gasteiger partial charge in [-0.25, -0.2) is 13.2 Å². The molecule has 0 bridgehead atoms. The molecule has 0 saturated carbocycles. The Morgan fingerprint density at radius 2 is 1.78 bits per heavy atom. The lowest BCUT2D eigenvalue weighted by atomic mass is 10.1. The Morgan fingerprint density at radius 3 is 2.22 bits per heavy atom. The molecule has 1 aromatic carbocycles. The highest BCUT2D eigenvalue weighted by molar-refractivity contribution is 7.89. The number of hydrogen-bond acceptors (Lipinski definition) is 6. The van der Waals surface area contributed by atoms with Gasteiger partial charge in [0.1, 0.15) is 11.8 Å². The first kappa shape index (κ1) is 18.9. The van der Waals surface area contributed by atoms with E-state index in [4.69, 9.17) is 9.84 Å². The fraction of sp³-hybridized carbons (Fsp3) is 0.429. The van der Waals surface area contributed by atoms with Gasteiger partial charge in [0, 0.05) is 0 Å². The predicted molar refractivity (Wildman–Crippen MR) is 80.5 cm³/mol. The molecule has 0 saturated heterocycles. The first-order chi connectivity index (χ1) is 10.7. The van der Waals surface area contributed by atoms with Gasteiger partial charge in [0.15, 0.2) is 6.61 Å². The third-order valence-corrected chi connectivity index (χ3v) is 4.39. The van der Waals surface area contributed by atoms with Crippen LogP contribution in [0.5, 0.6) is 5.75 Å². The smallest absolute Gasteiger partial charge is 0.343 e. The van der Waals surface area contributed by atoms with E-state index in [1.165, 1.54) is 31.4 Å². The number of nitrogens with one attached hydrogen (secondary N) is 1. The van der Waals surface area contributed by atoms with Crippen LogP contribution in [0.15, 0.2) is 29.2 Å². The molecule has 0 spiro atoms. The summed E-state index contributed by atoms with van der Waals surface area (Å²) in [5.41, 5.74) is 0. The van der Waals surface area contributed by atoms with Gasteiger partial charge >= 0.3 is 11.9 Å². The molecule has 1 atom stereocenters. The zero-order valence-electron chi connectivity index (χ0n) is 13.0. The fourth-order valence-electron chi connectivity index (χ4n) is 1.62. The van der Waals surface area contributed by atoms with Crippen LogP contribution >= 0.6 is 0 Å². The van der Waals surface area contributed by atoms with Crippen LogP contribution in [0.4, 0.5) is 0 Å². The van der Waals surface area contributed by atoms with Crippen LogP contribution in [-0.2, 0) is 24.3 Å². The predicted octanol–water partition coefficient (Wildman–Crippen LogP) is 0.626. The van der Waals surface area contributed by atoms with E-state index in [9.17, 15) is 18.0 Å². The number of esters is 1. The minimum atomic E-state index is -3.98. The van der Waals surface area contributed by atoms with Crippen molar-refractivity contribution < 1.29 is 32.6 Å². The van der Waals surface area contributed by atoms with Crippen molar-refractivity contribution in [2.45, 2.75) is 24.8 Å². The lowest BCUT2D eigenvalue weighted by Crippen LogP contribution is -2.44. The summed E-state index contributed by atoms with van der Waals surface area (Å²) < 4.78 is 36.0. The zero-order valence-corrected chi connectivity index (χ0v) is 13.8. The van der Waals surface area contributed by atoms with Gasteiger partial charge in [-0.15, -0.1) is 0 Å². The molecule has 0 aliphatic carbocycles. The van der Waals surface area contributed by atoms with Gasteiger partial charge in [-0.1, -0.05) is 13.8 Å². The number of ether oxygens (including phenoxy) is 2. The molecule has 0 aliphatic rings. The third-order valence-electron chi connectivity index (χ3n) is 2.93. The lowest BCUT2D eigenvalue weighted by molar-refractivity contribution is -0.143. The average Bonchev–Trinajstić information content (AvgIpc) is 2.50. The van der Waals surface area contributed by atoms with Crippen LogP contribution in [0.2, 0.25) is 0 Å². The third kappa shape index (κ3) is 5.53. The number of aliphatic carboxylic acids is 1. The Bertz CT molecular complexity index is 652. The van der Waals surface area contributed by atoms with Gasteiger partial charge in [0.05, 0.1) is 12.0 Å². The minimum Gasteiger partial charge on any atom is -0.482 e. The molecule has 8 nitrogen and oxygen atoms in total. The summed E-state index contributed by atoms with van der Waals surface area (Å²) in [6, 6.07) is 4.02. The van der Waals surface area contributed by atoms with Crippen molar-refractivity contribution >= 4 is 22.0 Å². The second-order valence-corrected chi connectivity index (χ2v) is 6.73. The van der Waals surface area contributed by atoms with E-state index in [0.717, 1.165) is 0 Å². The normalized spacial score (nSPS) is 12.7. The topological polar surface area (TPSA) is 119 Å². The Hall–Kier alpha value is -2.13. The largest absolute Gasteiger partial charge is 0.482 e. The molecule has 23 heavy (non-hydrogen) atoms. The Balaban J connectivity index is 2.85. The van der Waals surface area contributed by atoms with Gasteiger partial charge in [-0.2, -0.15) is 4.72 Å². The number of rotatable bonds is 8. The van der Waals surface area contributed by atoms with Crippen molar-refractivity contribution in [2.24, 2.45) is 5.92 Å². The molecule has 9 heteroatoms. The molecule has 0 radical (unpaired) electrons. The molecular formula is C14H19NO7S. The summed E-state index contributed by atoms with van der Waals surface area (Å²) in [7, 11) is -2.76. The second-order valence-electron chi connectivity index (χ2n) is 5.02. The molecule has 2 N–H and O–H groups in total. The van der Waals surface area contributed by atoms with E-state index in [2.05, 4.69) is 9.46 Å². The molecule has 0 aliphatic heterocycles. The number of carbonyl (C=O) groups excluding carboxylic acids is 1. The van der Waals surface area contributed by atoms with Gasteiger partial charge in [-0.3, -0.25) is 4.79 Å². The lowest BCUT2D eigenvalue weighted by Gasteiger charge is -2.18. The van der Waals surface area contributed by atoms with Crippen LogP contribution in [0.1, 0.15) is 13.8 Å². The van der Waals surface area contributed by atoms with Crippen molar-refractivity contribution in [1.29, 1.82) is 0 Å². The maximum atomic E-state index is 12.2. The van der Waals surface area contributed by atoms with Crippen molar-refractivity contribution in [1.82, 2.24) is 4.72 Å². The number of hydrogen-bond donors (Lipinski definition) is 2. The van der Waals surface area contributed by atoms with Gasteiger partial charge < -0.3 is 14.6 Å². The van der Waals surface area contributed by atoms with Crippen molar-refractivity contribution in [2.75, 3.05) is 13.7 Å². The van der Waals surface area contributed by atoms with Crippen LogP contribution in [-0.4, -0.2) is 45.2 Å². The highest BCUT2D eigenvalue weighted by atomic mass is 32.2. The van der Waals surface area contributed by atoms with E-state index in [1.54, 1.807) is 13.8 Å². The van der Waals surface area contributed by atoms with E-state index >= 15 is 0 Å². The number of benzene rings is 1. The second kappa shape index (κ2) is 7.93. The van der Waals surface area contributed by atoms with E-state index in [1.807, 2.05) is 0 Å². The van der Waals surface area contributed by atoms with E-state index in [-0.39, 0.29) is 17.3 Å². The van der Waals surface area contributed by atoms with Gasteiger partial charge in [0.2, 0.25) is 10.0 Å². The molecule has 0 amide bonds. The molecule has 0 aromatic heterocycles. The van der Waals surface area contributed by atoms with E-state index in [0.29, 0.717) is 0 Å². The zero-order chi connectivity index (χ0) is 17.6. The number of carboxylic acid groups (broad SMARTS) is 1. The van der Waals surface area contributed by atoms with Crippen LogP contribution < -0.4 is 9.46 Å². The SMILES string of the molecule is COC(=O)COc1ccc(S(=O)(=O)N[C@H](C(=O)O)C(C)C)cc1. The Morgan fingerprint density at radius 1 is 1.22 bits per heavy atom. The average molecular weight is 345 g/mol. The van der Waals surface area contributed by atoms with Crippen LogP contribution in [0, 0.1) is 5.92 Å². The fourth-order valence-corrected chi connectivity index (χ4v) is 2.96. The number of sulfonamides is 1. The van der Waals surface area contributed by atoms with Crippen LogP contribution in [0.3, 0.4) is 0 Å². The number of carbonyl (C=O) groups is 2. The maximum Gasteiger partial charge on any atom is 0.343 e. The molecule has 1 rings (SSSR count). The Labute approximate surface area is 134 Å². The summed E-state index contributed by atoms with van der Waals surface area (Å²) in [5.74, 6) is -1.94. The van der Waals surface area contributed by atoms with Gasteiger partial charge in [-0.05, 0) is 30.2 Å². The summed E-state index contributed by atoms with van der Waals surface area (Å²) in [6.45, 7) is 2.91. The molecule has 0 unspecified atom stereocenters. The summed E-state index contributed by atoms with van der Waals surface area (Å²) >= 11 is 0. The van der Waals surface area contributed by atoms with Crippen molar-refractivity contribution in [3.8, 4) is 5.75 Å². The van der Waals surface area contributed by atoms with Crippen molar-refractivity contribution in [3.63, 3.8) is 0 Å². The Kier molecular flexibility index (Phi) is 6.52. The van der Waals surface area contributed by atoms with Crippen molar-refractivity contribution in [3.05, 3.63) is 24.3 Å². The molecular weight excluding hydrogens is 326 g/mol.